The van der Waals surface area contributed by atoms with Crippen LogP contribution in [0, 0.1) is 10.1 Å². The van der Waals surface area contributed by atoms with Crippen LogP contribution in [0.4, 0.5) is 22.2 Å². The average molecular weight is 401 g/mol. The van der Waals surface area contributed by atoms with Crippen molar-refractivity contribution in [2.45, 2.75) is 16.5 Å². The van der Waals surface area contributed by atoms with Crippen LogP contribution in [-0.2, 0) is 4.79 Å². The highest BCUT2D eigenvalue weighted by Crippen LogP contribution is 2.31. The Labute approximate surface area is 163 Å². The summed E-state index contributed by atoms with van der Waals surface area (Å²) in [5, 5.41) is 25.0. The number of benzene rings is 2. The summed E-state index contributed by atoms with van der Waals surface area (Å²) < 4.78 is 0.648. The Morgan fingerprint density at radius 3 is 2.63 bits per heavy atom. The normalized spacial score (nSPS) is 11.6. The summed E-state index contributed by atoms with van der Waals surface area (Å²) in [5.41, 5.74) is 1.21. The maximum Gasteiger partial charge on any atom is 0.271 e. The highest BCUT2D eigenvalue weighted by Gasteiger charge is 2.18. The first-order valence-corrected chi connectivity index (χ1v) is 9.58. The summed E-state index contributed by atoms with van der Waals surface area (Å²) in [6.07, 6.45) is 0. The van der Waals surface area contributed by atoms with Gasteiger partial charge in [-0.25, -0.2) is 0 Å². The lowest BCUT2D eigenvalue weighted by atomic mass is 10.2. The molecule has 0 spiro atoms. The van der Waals surface area contributed by atoms with E-state index < -0.39 is 10.2 Å². The predicted octanol–water partition coefficient (Wildman–Crippen LogP) is 4.31. The molecule has 27 heavy (non-hydrogen) atoms. The second-order valence-corrected chi connectivity index (χ2v) is 7.99. The fourth-order valence-electron chi connectivity index (χ4n) is 2.10. The number of non-ortho nitro benzene ring substituents is 1. The lowest BCUT2D eigenvalue weighted by Crippen LogP contribution is -2.22. The lowest BCUT2D eigenvalue weighted by Gasteiger charge is -2.10. The zero-order chi connectivity index (χ0) is 19.2. The number of nitro benzene ring substituents is 1. The van der Waals surface area contributed by atoms with Crippen LogP contribution in [0.1, 0.15) is 6.92 Å². The van der Waals surface area contributed by atoms with Crippen molar-refractivity contribution in [2.75, 3.05) is 10.6 Å². The second-order valence-electron chi connectivity index (χ2n) is 5.42. The highest BCUT2D eigenvalue weighted by atomic mass is 32.2. The van der Waals surface area contributed by atoms with Crippen molar-refractivity contribution in [2.24, 2.45) is 0 Å². The van der Waals surface area contributed by atoms with Gasteiger partial charge in [0.05, 0.1) is 10.2 Å². The van der Waals surface area contributed by atoms with E-state index in [2.05, 4.69) is 20.8 Å². The lowest BCUT2D eigenvalue weighted by molar-refractivity contribution is -0.384. The quantitative estimate of drug-likeness (QED) is 0.345. The van der Waals surface area contributed by atoms with Gasteiger partial charge in [-0.3, -0.25) is 14.9 Å². The van der Waals surface area contributed by atoms with Gasteiger partial charge in [-0.05, 0) is 25.1 Å². The number of aromatic nitrogens is 2. The maximum atomic E-state index is 12.3. The summed E-state index contributed by atoms with van der Waals surface area (Å²) in [4.78, 5) is 22.6. The molecule has 3 aromatic rings. The summed E-state index contributed by atoms with van der Waals surface area (Å²) in [5.74, 6) is -0.270. The molecule has 0 unspecified atom stereocenters. The van der Waals surface area contributed by atoms with Gasteiger partial charge in [-0.1, -0.05) is 47.4 Å². The Bertz CT molecular complexity index is 949. The van der Waals surface area contributed by atoms with Crippen LogP contribution in [0.2, 0.25) is 0 Å². The number of thioether (sulfide) groups is 1. The molecule has 0 aliphatic rings. The topological polar surface area (TPSA) is 110 Å². The number of nitrogens with one attached hydrogen (secondary N) is 2. The van der Waals surface area contributed by atoms with Crippen LogP contribution >= 0.6 is 23.1 Å². The number of anilines is 3. The molecule has 2 N–H and O–H groups in total. The third-order valence-corrected chi connectivity index (χ3v) is 5.43. The van der Waals surface area contributed by atoms with Crippen LogP contribution in [0.15, 0.2) is 58.9 Å². The summed E-state index contributed by atoms with van der Waals surface area (Å²) in [7, 11) is 0. The Kier molecular flexibility index (Phi) is 5.99. The van der Waals surface area contributed by atoms with Crippen LogP contribution in [-0.4, -0.2) is 26.3 Å². The molecular weight excluding hydrogens is 386 g/mol. The molecule has 138 valence electrons. The SMILES string of the molecule is C[C@H](Sc1nnc(Nc2ccccc2)s1)C(=O)Nc1cccc([N+](=O)[O-])c1. The first-order chi connectivity index (χ1) is 13.0. The van der Waals surface area contributed by atoms with Crippen molar-refractivity contribution in [1.29, 1.82) is 0 Å². The highest BCUT2D eigenvalue weighted by molar-refractivity contribution is 8.02. The van der Waals surface area contributed by atoms with Crippen molar-refractivity contribution in [1.82, 2.24) is 10.2 Å². The van der Waals surface area contributed by atoms with Gasteiger partial charge in [0.15, 0.2) is 4.34 Å². The number of carbonyl (C=O) groups is 1. The second kappa shape index (κ2) is 8.60. The van der Waals surface area contributed by atoms with E-state index in [0.29, 0.717) is 15.2 Å². The molecule has 8 nitrogen and oxygen atoms in total. The van der Waals surface area contributed by atoms with Gasteiger partial charge in [-0.15, -0.1) is 10.2 Å². The third-order valence-electron chi connectivity index (χ3n) is 3.40. The van der Waals surface area contributed by atoms with Crippen molar-refractivity contribution < 1.29 is 9.72 Å². The van der Waals surface area contributed by atoms with Crippen molar-refractivity contribution in [3.8, 4) is 0 Å². The van der Waals surface area contributed by atoms with Crippen LogP contribution in [0.25, 0.3) is 0 Å². The Morgan fingerprint density at radius 2 is 1.89 bits per heavy atom. The number of nitrogens with zero attached hydrogens (tertiary/aromatic N) is 3. The van der Waals surface area contributed by atoms with Crippen molar-refractivity contribution in [3.63, 3.8) is 0 Å². The third kappa shape index (κ3) is 5.25. The van der Waals surface area contributed by atoms with E-state index in [1.807, 2.05) is 30.3 Å². The molecule has 1 amide bonds. The molecule has 0 saturated heterocycles. The molecule has 1 aromatic heterocycles. The molecule has 3 rings (SSSR count). The Hall–Kier alpha value is -2.98. The number of rotatable bonds is 7. The fraction of sp³-hybridized carbons (Fsp3) is 0.118. The minimum Gasteiger partial charge on any atom is -0.330 e. The zero-order valence-corrected chi connectivity index (χ0v) is 15.8. The standard InChI is InChI=1S/C17H15N5O3S2/c1-11(15(23)18-13-8-5-9-14(10-13)22(24)25)26-17-21-20-16(27-17)19-12-6-3-2-4-7-12/h2-11H,1H3,(H,18,23)(H,19,20)/t11-/m0/s1. The predicted molar refractivity (Wildman–Crippen MR) is 107 cm³/mol. The first-order valence-electron chi connectivity index (χ1n) is 7.89. The number of nitro groups is 1. The minimum absolute atomic E-state index is 0.0751. The van der Waals surface area contributed by atoms with E-state index in [1.165, 1.54) is 41.3 Å². The largest absolute Gasteiger partial charge is 0.330 e. The van der Waals surface area contributed by atoms with E-state index in [4.69, 9.17) is 0 Å². The van der Waals surface area contributed by atoms with Gasteiger partial charge < -0.3 is 10.6 Å². The number of hydrogen-bond acceptors (Lipinski definition) is 8. The van der Waals surface area contributed by atoms with Gasteiger partial charge in [0.25, 0.3) is 5.69 Å². The molecule has 10 heteroatoms. The molecule has 0 radical (unpaired) electrons. The van der Waals surface area contributed by atoms with Crippen molar-refractivity contribution >= 4 is 51.2 Å². The van der Waals surface area contributed by atoms with Crippen LogP contribution in [0.3, 0.4) is 0 Å². The summed E-state index contributed by atoms with van der Waals surface area (Å²) in [6, 6.07) is 15.4. The molecule has 0 fully saturated rings. The van der Waals surface area contributed by atoms with Crippen molar-refractivity contribution in [3.05, 3.63) is 64.7 Å². The molecule has 0 aliphatic carbocycles. The van der Waals surface area contributed by atoms with Gasteiger partial charge in [-0.2, -0.15) is 0 Å². The average Bonchev–Trinajstić information content (AvgIpc) is 3.09. The summed E-state index contributed by atoms with van der Waals surface area (Å²) in [6.45, 7) is 1.74. The Morgan fingerprint density at radius 1 is 1.15 bits per heavy atom. The molecule has 1 atom stereocenters. The number of hydrogen-bond donors (Lipinski definition) is 2. The molecule has 0 bridgehead atoms. The first kappa shape index (κ1) is 18.8. The van der Waals surface area contributed by atoms with Gasteiger partial charge >= 0.3 is 0 Å². The van der Waals surface area contributed by atoms with E-state index in [1.54, 1.807) is 13.0 Å². The van der Waals surface area contributed by atoms with E-state index in [9.17, 15) is 14.9 Å². The van der Waals surface area contributed by atoms with E-state index in [-0.39, 0.29) is 11.6 Å². The van der Waals surface area contributed by atoms with Crippen LogP contribution in [0.5, 0.6) is 0 Å². The fourth-order valence-corrected chi connectivity index (χ4v) is 4.01. The molecule has 0 saturated carbocycles. The molecular formula is C17H15N5O3S2. The van der Waals surface area contributed by atoms with Gasteiger partial charge in [0.2, 0.25) is 11.0 Å². The number of carbonyl (C=O) groups excluding carboxylic acids is 1. The zero-order valence-electron chi connectivity index (χ0n) is 14.2. The van der Waals surface area contributed by atoms with Crippen LogP contribution < -0.4 is 10.6 Å². The monoisotopic (exact) mass is 401 g/mol. The van der Waals surface area contributed by atoms with E-state index in [0.717, 1.165) is 5.69 Å². The number of amides is 1. The van der Waals surface area contributed by atoms with Gasteiger partial charge in [0, 0.05) is 23.5 Å². The minimum atomic E-state index is -0.504. The summed E-state index contributed by atoms with van der Waals surface area (Å²) >= 11 is 2.62. The molecule has 2 aromatic carbocycles. The molecule has 0 aliphatic heterocycles. The van der Waals surface area contributed by atoms with E-state index >= 15 is 0 Å². The maximum absolute atomic E-state index is 12.3. The Balaban J connectivity index is 1.58. The van der Waals surface area contributed by atoms with Gasteiger partial charge in [0.1, 0.15) is 0 Å². The number of para-hydroxylation sites is 1. The molecule has 1 heterocycles. The smallest absolute Gasteiger partial charge is 0.271 e.